The number of unbranched alkanes of at least 4 members (excludes halogenated alkanes) is 2. The number of hydrogen-bond donors (Lipinski definition) is 0. The van der Waals surface area contributed by atoms with Crippen LogP contribution in [0.15, 0.2) is 12.2 Å². The largest absolute Gasteiger partial charge is 0.353 e. The first-order valence-electron chi connectivity index (χ1n) is 6.31. The van der Waals surface area contributed by atoms with Crippen LogP contribution in [0.2, 0.25) is 0 Å². The average Bonchev–Trinajstić information content (AvgIpc) is 2.29. The SMILES string of the molecule is CCCCC=CCCOC1CCCCO1. The number of hydrogen-bond acceptors (Lipinski definition) is 2. The van der Waals surface area contributed by atoms with Gasteiger partial charge < -0.3 is 9.47 Å². The van der Waals surface area contributed by atoms with Crippen LogP contribution in [0.3, 0.4) is 0 Å². The number of ether oxygens (including phenoxy) is 2. The Morgan fingerprint density at radius 1 is 1.27 bits per heavy atom. The Labute approximate surface area is 93.7 Å². The van der Waals surface area contributed by atoms with Crippen LogP contribution in [0.4, 0.5) is 0 Å². The van der Waals surface area contributed by atoms with Crippen molar-refractivity contribution in [1.82, 2.24) is 0 Å². The van der Waals surface area contributed by atoms with Crippen molar-refractivity contribution in [3.8, 4) is 0 Å². The van der Waals surface area contributed by atoms with Crippen LogP contribution in [0.1, 0.15) is 51.9 Å². The standard InChI is InChI=1S/C13H24O2/c1-2-3-4-5-6-8-11-14-13-10-7-9-12-15-13/h5-6,13H,2-4,7-12H2,1H3. The molecule has 1 saturated heterocycles. The second-order valence-corrected chi connectivity index (χ2v) is 4.07. The average molecular weight is 212 g/mol. The van der Waals surface area contributed by atoms with Gasteiger partial charge in [-0.15, -0.1) is 0 Å². The van der Waals surface area contributed by atoms with Crippen molar-refractivity contribution in [2.45, 2.75) is 58.2 Å². The quantitative estimate of drug-likeness (QED) is 0.473. The van der Waals surface area contributed by atoms with Crippen LogP contribution in [-0.4, -0.2) is 19.5 Å². The molecule has 1 aliphatic rings. The minimum absolute atomic E-state index is 0.0720. The molecule has 0 aliphatic carbocycles. The maximum Gasteiger partial charge on any atom is 0.157 e. The van der Waals surface area contributed by atoms with Crippen LogP contribution in [0.25, 0.3) is 0 Å². The topological polar surface area (TPSA) is 18.5 Å². The summed E-state index contributed by atoms with van der Waals surface area (Å²) in [6.07, 6.45) is 12.9. The van der Waals surface area contributed by atoms with Gasteiger partial charge in [0.2, 0.25) is 0 Å². The van der Waals surface area contributed by atoms with Gasteiger partial charge in [-0.3, -0.25) is 0 Å². The molecule has 1 unspecified atom stereocenters. The Hall–Kier alpha value is -0.340. The second kappa shape index (κ2) is 8.93. The zero-order valence-corrected chi connectivity index (χ0v) is 9.91. The normalized spacial score (nSPS) is 22.3. The van der Waals surface area contributed by atoms with Gasteiger partial charge in [0.15, 0.2) is 6.29 Å². The predicted molar refractivity (Wildman–Crippen MR) is 62.8 cm³/mol. The molecule has 0 bridgehead atoms. The van der Waals surface area contributed by atoms with Crippen LogP contribution in [-0.2, 0) is 9.47 Å². The highest BCUT2D eigenvalue weighted by Gasteiger charge is 2.12. The highest BCUT2D eigenvalue weighted by Crippen LogP contribution is 2.13. The molecule has 2 nitrogen and oxygen atoms in total. The first-order valence-corrected chi connectivity index (χ1v) is 6.31. The van der Waals surface area contributed by atoms with E-state index >= 15 is 0 Å². The van der Waals surface area contributed by atoms with Gasteiger partial charge in [-0.2, -0.15) is 0 Å². The molecule has 1 aliphatic heterocycles. The zero-order valence-electron chi connectivity index (χ0n) is 9.91. The summed E-state index contributed by atoms with van der Waals surface area (Å²) in [6, 6.07) is 0. The van der Waals surface area contributed by atoms with E-state index in [1.54, 1.807) is 0 Å². The van der Waals surface area contributed by atoms with Crippen LogP contribution >= 0.6 is 0 Å². The number of rotatable bonds is 7. The van der Waals surface area contributed by atoms with Crippen molar-refractivity contribution in [1.29, 1.82) is 0 Å². The molecule has 1 atom stereocenters. The van der Waals surface area contributed by atoms with Gasteiger partial charge in [0, 0.05) is 6.61 Å². The van der Waals surface area contributed by atoms with Crippen LogP contribution in [0.5, 0.6) is 0 Å². The summed E-state index contributed by atoms with van der Waals surface area (Å²) in [4.78, 5) is 0. The Balaban J connectivity index is 1.89. The molecule has 1 heterocycles. The summed E-state index contributed by atoms with van der Waals surface area (Å²) in [5.41, 5.74) is 0. The van der Waals surface area contributed by atoms with Gasteiger partial charge >= 0.3 is 0 Å². The molecule has 15 heavy (non-hydrogen) atoms. The minimum Gasteiger partial charge on any atom is -0.353 e. The van der Waals surface area contributed by atoms with E-state index in [0.29, 0.717) is 0 Å². The fourth-order valence-electron chi connectivity index (χ4n) is 1.67. The Bertz CT molecular complexity index is 160. The van der Waals surface area contributed by atoms with Gasteiger partial charge in [0.05, 0.1) is 6.61 Å². The van der Waals surface area contributed by atoms with E-state index in [1.165, 1.54) is 32.1 Å². The summed E-state index contributed by atoms with van der Waals surface area (Å²) in [7, 11) is 0. The lowest BCUT2D eigenvalue weighted by atomic mass is 10.2. The van der Waals surface area contributed by atoms with Crippen molar-refractivity contribution < 1.29 is 9.47 Å². The molecule has 0 N–H and O–H groups in total. The Morgan fingerprint density at radius 3 is 2.87 bits per heavy atom. The first kappa shape index (κ1) is 12.7. The molecule has 0 aromatic carbocycles. The molecule has 0 saturated carbocycles. The van der Waals surface area contributed by atoms with Gasteiger partial charge in [0.25, 0.3) is 0 Å². The molecule has 1 fully saturated rings. The molecular weight excluding hydrogens is 188 g/mol. The maximum atomic E-state index is 5.62. The van der Waals surface area contributed by atoms with Crippen molar-refractivity contribution in [2.24, 2.45) is 0 Å². The summed E-state index contributed by atoms with van der Waals surface area (Å²) >= 11 is 0. The Kier molecular flexibility index (Phi) is 7.58. The zero-order chi connectivity index (χ0) is 10.8. The predicted octanol–water partition coefficient (Wildman–Crippen LogP) is 3.67. The van der Waals surface area contributed by atoms with Crippen molar-refractivity contribution in [2.75, 3.05) is 13.2 Å². The van der Waals surface area contributed by atoms with Crippen LogP contribution in [0, 0.1) is 0 Å². The monoisotopic (exact) mass is 212 g/mol. The third kappa shape index (κ3) is 6.69. The van der Waals surface area contributed by atoms with Crippen molar-refractivity contribution in [3.05, 3.63) is 12.2 Å². The molecular formula is C13H24O2. The highest BCUT2D eigenvalue weighted by atomic mass is 16.7. The molecule has 2 heteroatoms. The molecule has 1 rings (SSSR count). The second-order valence-electron chi connectivity index (χ2n) is 4.07. The molecule has 0 amide bonds. The molecule has 88 valence electrons. The van der Waals surface area contributed by atoms with Crippen molar-refractivity contribution >= 4 is 0 Å². The van der Waals surface area contributed by atoms with E-state index in [4.69, 9.17) is 9.47 Å². The summed E-state index contributed by atoms with van der Waals surface area (Å²) < 4.78 is 11.1. The number of allylic oxidation sites excluding steroid dienone is 1. The van der Waals surface area contributed by atoms with Gasteiger partial charge in [-0.25, -0.2) is 0 Å². The molecule has 0 aromatic heterocycles. The van der Waals surface area contributed by atoms with Crippen LogP contribution < -0.4 is 0 Å². The van der Waals surface area contributed by atoms with Gasteiger partial charge in [-0.05, 0) is 32.1 Å². The minimum atomic E-state index is 0.0720. The smallest absolute Gasteiger partial charge is 0.157 e. The third-order valence-corrected chi connectivity index (χ3v) is 2.62. The summed E-state index contributed by atoms with van der Waals surface area (Å²) in [5, 5.41) is 0. The third-order valence-electron chi connectivity index (χ3n) is 2.62. The maximum absolute atomic E-state index is 5.62. The van der Waals surface area contributed by atoms with E-state index in [2.05, 4.69) is 19.1 Å². The summed E-state index contributed by atoms with van der Waals surface area (Å²) in [5.74, 6) is 0. The van der Waals surface area contributed by atoms with E-state index in [-0.39, 0.29) is 6.29 Å². The first-order chi connectivity index (χ1) is 7.43. The van der Waals surface area contributed by atoms with E-state index in [1.807, 2.05) is 0 Å². The molecule has 0 aromatic rings. The highest BCUT2D eigenvalue weighted by molar-refractivity contribution is 4.81. The summed E-state index contributed by atoms with van der Waals surface area (Å²) in [6.45, 7) is 3.89. The van der Waals surface area contributed by atoms with Gasteiger partial charge in [-0.1, -0.05) is 31.9 Å². The van der Waals surface area contributed by atoms with Gasteiger partial charge in [0.1, 0.15) is 0 Å². The van der Waals surface area contributed by atoms with E-state index in [0.717, 1.165) is 26.1 Å². The lowest BCUT2D eigenvalue weighted by Gasteiger charge is -2.22. The Morgan fingerprint density at radius 2 is 2.13 bits per heavy atom. The van der Waals surface area contributed by atoms with Crippen molar-refractivity contribution in [3.63, 3.8) is 0 Å². The van der Waals surface area contributed by atoms with E-state index in [9.17, 15) is 0 Å². The lowest BCUT2D eigenvalue weighted by molar-refractivity contribution is -0.161. The fourth-order valence-corrected chi connectivity index (χ4v) is 1.67. The fraction of sp³-hybridized carbons (Fsp3) is 0.846. The van der Waals surface area contributed by atoms with E-state index < -0.39 is 0 Å². The lowest BCUT2D eigenvalue weighted by Crippen LogP contribution is -2.22. The molecule has 0 spiro atoms. The molecule has 0 radical (unpaired) electrons.